The van der Waals surface area contributed by atoms with E-state index in [1.165, 1.54) is 16.7 Å². The van der Waals surface area contributed by atoms with E-state index in [0.717, 1.165) is 56.2 Å². The molecule has 1 fully saturated rings. The van der Waals surface area contributed by atoms with Crippen molar-refractivity contribution in [2.45, 2.75) is 39.4 Å². The van der Waals surface area contributed by atoms with E-state index in [9.17, 15) is 4.79 Å². The van der Waals surface area contributed by atoms with Crippen molar-refractivity contribution in [3.63, 3.8) is 0 Å². The van der Waals surface area contributed by atoms with E-state index >= 15 is 0 Å². The normalized spacial score (nSPS) is 18.2. The summed E-state index contributed by atoms with van der Waals surface area (Å²) < 4.78 is 0. The van der Waals surface area contributed by atoms with Gasteiger partial charge in [0.2, 0.25) is 5.91 Å². The number of pyridine rings is 2. The molecule has 3 aliphatic rings. The second-order valence-electron chi connectivity index (χ2n) is 7.94. The molecule has 0 aromatic carbocycles. The molecular weight excluding hydrogens is 374 g/mol. The van der Waals surface area contributed by atoms with Crippen molar-refractivity contribution in [2.24, 2.45) is 5.92 Å². The number of rotatable bonds is 3. The molecule has 5 rings (SSSR count). The smallest absolute Gasteiger partial charge is 0.223 e. The zero-order chi connectivity index (χ0) is 18.4. The van der Waals surface area contributed by atoms with E-state index in [-0.39, 0.29) is 18.3 Å². The van der Waals surface area contributed by atoms with Gasteiger partial charge in [0, 0.05) is 50.4 Å². The van der Waals surface area contributed by atoms with Gasteiger partial charge in [-0.05, 0) is 48.7 Å². The lowest BCUT2D eigenvalue weighted by Crippen LogP contribution is -2.48. The quantitative estimate of drug-likeness (QED) is 0.857. The van der Waals surface area contributed by atoms with Crippen LogP contribution in [0.5, 0.6) is 0 Å². The maximum Gasteiger partial charge on any atom is 0.223 e. The van der Waals surface area contributed by atoms with Gasteiger partial charge in [-0.1, -0.05) is 0 Å². The van der Waals surface area contributed by atoms with Gasteiger partial charge in [0.05, 0.1) is 24.1 Å². The van der Waals surface area contributed by atoms with Crippen LogP contribution in [0.1, 0.15) is 34.5 Å². The minimum atomic E-state index is 0. The van der Waals surface area contributed by atoms with Crippen LogP contribution >= 0.6 is 12.4 Å². The second kappa shape index (κ2) is 7.68. The Labute approximate surface area is 171 Å². The van der Waals surface area contributed by atoms with Crippen LogP contribution in [-0.2, 0) is 30.8 Å². The number of nitrogens with zero attached hydrogens (tertiary/aromatic N) is 4. The van der Waals surface area contributed by atoms with Crippen LogP contribution in [0.3, 0.4) is 0 Å². The summed E-state index contributed by atoms with van der Waals surface area (Å²) in [4.78, 5) is 26.2. The summed E-state index contributed by atoms with van der Waals surface area (Å²) in [6, 6.07) is 4.04. The van der Waals surface area contributed by atoms with Crippen LogP contribution < -0.4 is 10.2 Å². The van der Waals surface area contributed by atoms with E-state index in [4.69, 9.17) is 4.98 Å². The molecule has 2 aromatic heterocycles. The van der Waals surface area contributed by atoms with Crippen molar-refractivity contribution in [1.82, 2.24) is 20.2 Å². The SMILES string of the molecule is Cc1nc2c(c3c1CNCC3)CN(C(=O)CC1CN(c3cccnc3)C1)C2.Cl. The van der Waals surface area contributed by atoms with Crippen molar-refractivity contribution < 1.29 is 4.79 Å². The number of hydrogen-bond acceptors (Lipinski definition) is 5. The van der Waals surface area contributed by atoms with Gasteiger partial charge in [-0.2, -0.15) is 0 Å². The summed E-state index contributed by atoms with van der Waals surface area (Å²) in [6.07, 6.45) is 5.36. The number of aromatic nitrogens is 2. The van der Waals surface area contributed by atoms with Crippen LogP contribution in [0.15, 0.2) is 24.5 Å². The highest BCUT2D eigenvalue weighted by Gasteiger charge is 2.34. The number of aryl methyl sites for hydroxylation is 1. The Morgan fingerprint density at radius 3 is 2.89 bits per heavy atom. The molecule has 0 radical (unpaired) electrons. The Kier molecular flexibility index (Phi) is 5.25. The third-order valence-electron chi connectivity index (χ3n) is 6.14. The Morgan fingerprint density at radius 2 is 2.11 bits per heavy atom. The highest BCUT2D eigenvalue weighted by atomic mass is 35.5. The molecule has 1 amide bonds. The predicted molar refractivity (Wildman–Crippen MR) is 110 cm³/mol. The number of carbonyl (C=O) groups is 1. The zero-order valence-corrected chi connectivity index (χ0v) is 17.0. The first-order chi connectivity index (χ1) is 13.2. The van der Waals surface area contributed by atoms with Gasteiger partial charge in [-0.25, -0.2) is 0 Å². The first-order valence-corrected chi connectivity index (χ1v) is 9.82. The highest BCUT2D eigenvalue weighted by Crippen LogP contribution is 2.32. The first kappa shape index (κ1) is 19.2. The maximum atomic E-state index is 12.9. The van der Waals surface area contributed by atoms with E-state index in [0.29, 0.717) is 18.9 Å². The number of fused-ring (bicyclic) bond motifs is 3. The van der Waals surface area contributed by atoms with Crippen LogP contribution in [0.4, 0.5) is 5.69 Å². The number of amides is 1. The van der Waals surface area contributed by atoms with E-state index in [2.05, 4.69) is 28.2 Å². The molecule has 6 nitrogen and oxygen atoms in total. The molecule has 3 aliphatic heterocycles. The monoisotopic (exact) mass is 399 g/mol. The van der Waals surface area contributed by atoms with Crippen LogP contribution in [0.2, 0.25) is 0 Å². The fourth-order valence-corrected chi connectivity index (χ4v) is 4.62. The average Bonchev–Trinajstić information content (AvgIpc) is 3.09. The Balaban J connectivity index is 0.00000192. The Hall–Kier alpha value is -2.18. The van der Waals surface area contributed by atoms with Gasteiger partial charge in [0.25, 0.3) is 0 Å². The third-order valence-corrected chi connectivity index (χ3v) is 6.14. The topological polar surface area (TPSA) is 61.4 Å². The minimum Gasteiger partial charge on any atom is -0.370 e. The lowest BCUT2D eigenvalue weighted by Gasteiger charge is -2.41. The standard InChI is InChI=1S/C21H25N5O.ClH/c1-14-18-9-23-6-4-17(18)19-12-26(13-20(19)24-14)21(27)7-15-10-25(11-15)16-3-2-5-22-8-16;/h2-3,5,8,15,23H,4,6-7,9-13H2,1H3;1H. The van der Waals surface area contributed by atoms with Crippen molar-refractivity contribution >= 4 is 24.0 Å². The lowest BCUT2D eigenvalue weighted by molar-refractivity contribution is -0.133. The minimum absolute atomic E-state index is 0. The molecule has 1 saturated heterocycles. The molecule has 2 aromatic rings. The number of halogens is 1. The molecule has 0 saturated carbocycles. The van der Waals surface area contributed by atoms with Gasteiger partial charge in [0.15, 0.2) is 0 Å². The molecule has 0 aliphatic carbocycles. The summed E-state index contributed by atoms with van der Waals surface area (Å²) in [6.45, 7) is 7.31. The van der Waals surface area contributed by atoms with Crippen LogP contribution in [0, 0.1) is 12.8 Å². The third kappa shape index (κ3) is 3.35. The number of carbonyl (C=O) groups excluding carboxylic acids is 1. The number of nitrogens with one attached hydrogen (secondary N) is 1. The Morgan fingerprint density at radius 1 is 1.25 bits per heavy atom. The van der Waals surface area contributed by atoms with Gasteiger partial charge in [0.1, 0.15) is 0 Å². The molecule has 0 unspecified atom stereocenters. The summed E-state index contributed by atoms with van der Waals surface area (Å²) in [7, 11) is 0. The molecular formula is C21H26ClN5O. The lowest BCUT2D eigenvalue weighted by atomic mass is 9.94. The summed E-state index contributed by atoms with van der Waals surface area (Å²) in [5.41, 5.74) is 7.49. The van der Waals surface area contributed by atoms with Crippen LogP contribution in [-0.4, -0.2) is 40.4 Å². The Bertz CT molecular complexity index is 882. The first-order valence-electron chi connectivity index (χ1n) is 9.82. The van der Waals surface area contributed by atoms with Crippen molar-refractivity contribution in [3.8, 4) is 0 Å². The van der Waals surface area contributed by atoms with Crippen molar-refractivity contribution in [3.05, 3.63) is 52.6 Å². The van der Waals surface area contributed by atoms with E-state index in [1.807, 2.05) is 17.2 Å². The van der Waals surface area contributed by atoms with Gasteiger partial charge >= 0.3 is 0 Å². The number of hydrogen-bond donors (Lipinski definition) is 1. The molecule has 28 heavy (non-hydrogen) atoms. The highest BCUT2D eigenvalue weighted by molar-refractivity contribution is 5.85. The summed E-state index contributed by atoms with van der Waals surface area (Å²) >= 11 is 0. The van der Waals surface area contributed by atoms with E-state index < -0.39 is 0 Å². The molecule has 0 bridgehead atoms. The van der Waals surface area contributed by atoms with Gasteiger partial charge < -0.3 is 15.1 Å². The molecule has 148 valence electrons. The zero-order valence-electron chi connectivity index (χ0n) is 16.1. The molecule has 5 heterocycles. The number of anilines is 1. The molecule has 7 heteroatoms. The fraction of sp³-hybridized carbons (Fsp3) is 0.476. The van der Waals surface area contributed by atoms with Crippen LogP contribution in [0.25, 0.3) is 0 Å². The molecule has 0 atom stereocenters. The molecule has 1 N–H and O–H groups in total. The molecule has 0 spiro atoms. The van der Waals surface area contributed by atoms with Crippen molar-refractivity contribution in [2.75, 3.05) is 24.5 Å². The average molecular weight is 400 g/mol. The largest absolute Gasteiger partial charge is 0.370 e. The van der Waals surface area contributed by atoms with Gasteiger partial charge in [-0.15, -0.1) is 12.4 Å². The van der Waals surface area contributed by atoms with E-state index in [1.54, 1.807) is 6.20 Å². The van der Waals surface area contributed by atoms with Crippen molar-refractivity contribution in [1.29, 1.82) is 0 Å². The summed E-state index contributed by atoms with van der Waals surface area (Å²) in [5, 5.41) is 3.44. The fourth-order valence-electron chi connectivity index (χ4n) is 4.62. The van der Waals surface area contributed by atoms with Gasteiger partial charge in [-0.3, -0.25) is 14.8 Å². The maximum absolute atomic E-state index is 12.9. The predicted octanol–water partition coefficient (Wildman–Crippen LogP) is 2.22. The second-order valence-corrected chi connectivity index (χ2v) is 7.94. The summed E-state index contributed by atoms with van der Waals surface area (Å²) in [5.74, 6) is 0.707.